The number of hydrogen-bond donors (Lipinski definition) is 0. The van der Waals surface area contributed by atoms with Crippen molar-refractivity contribution in [2.45, 2.75) is 13.8 Å². The summed E-state index contributed by atoms with van der Waals surface area (Å²) in [7, 11) is 0. The molecule has 11 aromatic rings. The number of aryl methyl sites for hydroxylation is 2. The molecule has 0 saturated carbocycles. The topological polar surface area (TPSA) is 12.9 Å². The van der Waals surface area contributed by atoms with Crippen LogP contribution in [-0.4, -0.2) is 4.98 Å². The summed E-state index contributed by atoms with van der Waals surface area (Å²) in [4.78, 5) is 4.84. The van der Waals surface area contributed by atoms with E-state index in [1.165, 1.54) is 137 Å². The van der Waals surface area contributed by atoms with E-state index in [4.69, 9.17) is 4.98 Å². The van der Waals surface area contributed by atoms with E-state index in [1.807, 2.05) is 12.3 Å². The average Bonchev–Trinajstić information content (AvgIpc) is 3.74. The van der Waals surface area contributed by atoms with Crippen LogP contribution in [0.1, 0.15) is 11.1 Å². The van der Waals surface area contributed by atoms with Gasteiger partial charge in [0.15, 0.2) is 0 Å². The molecule has 0 fully saturated rings. The maximum absolute atomic E-state index is 4.84. The standard InChI is InChI=1S/C57H35N/c1-32-23-51-49-30-44-40(35-15-7-4-8-16-35)27-45-46(48(44)31-50(49)52-25-33(2)55(53(24-32)57(51)52)54-21-9-10-22-58-54)26-39(34-13-5-3-6-14-34)43-28-41-37-19-11-17-36-18-12-20-38(56(36)37)42(41)29-47(43)45/h3-31H,1-2H3. The Morgan fingerprint density at radius 3 is 1.40 bits per heavy atom. The van der Waals surface area contributed by atoms with E-state index in [0.29, 0.717) is 0 Å². The highest BCUT2D eigenvalue weighted by atomic mass is 14.7. The first-order valence-electron chi connectivity index (χ1n) is 20.3. The molecule has 1 aromatic heterocycles. The van der Waals surface area contributed by atoms with E-state index in [1.54, 1.807) is 0 Å². The molecule has 0 bridgehead atoms. The van der Waals surface area contributed by atoms with Crippen LogP contribution in [0.5, 0.6) is 0 Å². The number of nitrogens with zero attached hydrogens (tertiary/aromatic N) is 1. The molecule has 2 aliphatic carbocycles. The highest BCUT2D eigenvalue weighted by Crippen LogP contribution is 2.55. The minimum absolute atomic E-state index is 1.02. The van der Waals surface area contributed by atoms with Gasteiger partial charge < -0.3 is 0 Å². The van der Waals surface area contributed by atoms with Crippen molar-refractivity contribution >= 4 is 53.9 Å². The average molecular weight is 734 g/mol. The third-order valence-corrected chi connectivity index (χ3v) is 13.1. The second-order valence-electron chi connectivity index (χ2n) is 16.3. The maximum Gasteiger partial charge on any atom is 0.0710 e. The summed E-state index contributed by atoms with van der Waals surface area (Å²) in [5.41, 5.74) is 20.3. The van der Waals surface area contributed by atoms with Crippen molar-refractivity contribution in [3.8, 4) is 78.0 Å². The lowest BCUT2D eigenvalue weighted by Crippen LogP contribution is -1.92. The Morgan fingerprint density at radius 2 is 0.828 bits per heavy atom. The normalized spacial score (nSPS) is 12.3. The van der Waals surface area contributed by atoms with Crippen LogP contribution in [0.3, 0.4) is 0 Å². The Morgan fingerprint density at radius 1 is 0.328 bits per heavy atom. The molecule has 0 spiro atoms. The Kier molecular flexibility index (Phi) is 6.36. The molecule has 0 unspecified atom stereocenters. The van der Waals surface area contributed by atoms with Gasteiger partial charge in [-0.05, 0) is 194 Å². The monoisotopic (exact) mass is 733 g/mol. The summed E-state index contributed by atoms with van der Waals surface area (Å²) < 4.78 is 0. The van der Waals surface area contributed by atoms with Gasteiger partial charge in [-0.15, -0.1) is 0 Å². The first kappa shape index (κ1) is 31.8. The number of benzene rings is 10. The molecule has 0 atom stereocenters. The third kappa shape index (κ3) is 4.28. The third-order valence-electron chi connectivity index (χ3n) is 13.1. The summed E-state index contributed by atoms with van der Waals surface area (Å²) in [6.07, 6.45) is 1.91. The predicted molar refractivity (Wildman–Crippen MR) is 246 cm³/mol. The summed E-state index contributed by atoms with van der Waals surface area (Å²) in [6.45, 7) is 4.48. The van der Waals surface area contributed by atoms with Crippen molar-refractivity contribution in [3.05, 3.63) is 187 Å². The molecular formula is C57H35N. The lowest BCUT2D eigenvalue weighted by Gasteiger charge is -2.19. The smallest absolute Gasteiger partial charge is 0.0710 e. The lowest BCUT2D eigenvalue weighted by atomic mass is 9.84. The van der Waals surface area contributed by atoms with Gasteiger partial charge in [-0.25, -0.2) is 0 Å². The lowest BCUT2D eigenvalue weighted by molar-refractivity contribution is 1.32. The van der Waals surface area contributed by atoms with Crippen LogP contribution < -0.4 is 0 Å². The summed E-state index contributed by atoms with van der Waals surface area (Å²) in [5, 5.41) is 13.0. The van der Waals surface area contributed by atoms with Gasteiger partial charge in [-0.2, -0.15) is 0 Å². The summed E-state index contributed by atoms with van der Waals surface area (Å²) in [6, 6.07) is 63.9. The number of hydrogen-bond acceptors (Lipinski definition) is 1. The summed E-state index contributed by atoms with van der Waals surface area (Å²) in [5.74, 6) is 0. The molecule has 0 N–H and O–H groups in total. The molecule has 0 saturated heterocycles. The van der Waals surface area contributed by atoms with Gasteiger partial charge >= 0.3 is 0 Å². The molecule has 2 aliphatic rings. The van der Waals surface area contributed by atoms with Crippen molar-refractivity contribution in [1.82, 2.24) is 4.98 Å². The van der Waals surface area contributed by atoms with Crippen LogP contribution in [-0.2, 0) is 0 Å². The molecule has 0 aliphatic heterocycles. The minimum Gasteiger partial charge on any atom is -0.256 e. The van der Waals surface area contributed by atoms with Gasteiger partial charge in [-0.3, -0.25) is 4.98 Å². The zero-order chi connectivity index (χ0) is 38.2. The minimum atomic E-state index is 1.02. The van der Waals surface area contributed by atoms with Crippen LogP contribution in [0.4, 0.5) is 0 Å². The molecule has 1 nitrogen and oxygen atoms in total. The molecule has 1 heterocycles. The van der Waals surface area contributed by atoms with E-state index in [2.05, 4.69) is 178 Å². The zero-order valence-corrected chi connectivity index (χ0v) is 32.2. The van der Waals surface area contributed by atoms with Crippen molar-refractivity contribution < 1.29 is 0 Å². The quantitative estimate of drug-likeness (QED) is 0.165. The van der Waals surface area contributed by atoms with E-state index in [9.17, 15) is 0 Å². The molecule has 1 heteroatoms. The number of fused-ring (bicyclic) bond motifs is 11. The Balaban J connectivity index is 1.19. The van der Waals surface area contributed by atoms with E-state index >= 15 is 0 Å². The van der Waals surface area contributed by atoms with Crippen molar-refractivity contribution in [1.29, 1.82) is 0 Å². The molecule has 58 heavy (non-hydrogen) atoms. The van der Waals surface area contributed by atoms with Crippen LogP contribution >= 0.6 is 0 Å². The molecule has 10 aromatic carbocycles. The van der Waals surface area contributed by atoms with Gasteiger partial charge in [0.25, 0.3) is 0 Å². The predicted octanol–water partition coefficient (Wildman–Crippen LogP) is 15.8. The van der Waals surface area contributed by atoms with E-state index < -0.39 is 0 Å². The van der Waals surface area contributed by atoms with Crippen molar-refractivity contribution in [3.63, 3.8) is 0 Å². The van der Waals surface area contributed by atoms with Crippen LogP contribution in [0.25, 0.3) is 132 Å². The first-order valence-corrected chi connectivity index (χ1v) is 20.3. The zero-order valence-electron chi connectivity index (χ0n) is 32.2. The van der Waals surface area contributed by atoms with Crippen LogP contribution in [0.15, 0.2) is 176 Å². The molecule has 0 amide bonds. The highest BCUT2D eigenvalue weighted by Gasteiger charge is 2.28. The fourth-order valence-corrected chi connectivity index (χ4v) is 10.7. The Hall–Kier alpha value is -7.35. The molecule has 13 rings (SSSR count). The van der Waals surface area contributed by atoms with Gasteiger partial charge in [0.1, 0.15) is 0 Å². The number of pyridine rings is 1. The highest BCUT2D eigenvalue weighted by molar-refractivity contribution is 6.29. The number of rotatable bonds is 3. The SMILES string of the molecule is Cc1cc2c3c(cc(C)c(-c4ccccn4)c3c1)-c1cc3c(cc1-2)c(-c1ccccc1)cc1c2cc4c(cc2c(-c2ccccc2)cc31)-c1cccc2cccc-4c12. The first-order chi connectivity index (χ1) is 28.6. The second kappa shape index (κ2) is 11.6. The molecule has 0 radical (unpaired) electrons. The fraction of sp³-hybridized carbons (Fsp3) is 0.0351. The van der Waals surface area contributed by atoms with E-state index in [-0.39, 0.29) is 0 Å². The van der Waals surface area contributed by atoms with Crippen molar-refractivity contribution in [2.24, 2.45) is 0 Å². The van der Waals surface area contributed by atoms with Gasteiger partial charge in [-0.1, -0.05) is 121 Å². The van der Waals surface area contributed by atoms with E-state index in [0.717, 1.165) is 5.69 Å². The number of aromatic nitrogens is 1. The van der Waals surface area contributed by atoms with Gasteiger partial charge in [0, 0.05) is 11.8 Å². The molecular weight excluding hydrogens is 699 g/mol. The Labute approximate surface area is 336 Å². The Bertz CT molecular complexity index is 3590. The summed E-state index contributed by atoms with van der Waals surface area (Å²) >= 11 is 0. The molecule has 268 valence electrons. The van der Waals surface area contributed by atoms with Crippen molar-refractivity contribution in [2.75, 3.05) is 0 Å². The largest absolute Gasteiger partial charge is 0.256 e. The van der Waals surface area contributed by atoms with Gasteiger partial charge in [0.05, 0.1) is 5.69 Å². The second-order valence-corrected chi connectivity index (χ2v) is 16.3. The van der Waals surface area contributed by atoms with Crippen LogP contribution in [0, 0.1) is 13.8 Å². The fourth-order valence-electron chi connectivity index (χ4n) is 10.7. The van der Waals surface area contributed by atoms with Gasteiger partial charge in [0.2, 0.25) is 0 Å². The van der Waals surface area contributed by atoms with Crippen LogP contribution in [0.2, 0.25) is 0 Å². The maximum atomic E-state index is 4.84.